The number of benzene rings is 2. The fourth-order valence-corrected chi connectivity index (χ4v) is 1.18. The van der Waals surface area contributed by atoms with E-state index in [2.05, 4.69) is 0 Å². The normalized spacial score (nSPS) is 8.76. The van der Waals surface area contributed by atoms with Crippen LogP contribution >= 0.6 is 18.8 Å². The molecule has 0 aliphatic heterocycles. The average molecular weight is 510 g/mol. The summed E-state index contributed by atoms with van der Waals surface area (Å²) in [5, 5.41) is 0. The standard InChI is InChI=1S/2C7H8NO.2ClH.Pt/c2*1-9-7-4-2-6(8)3-5-7;;;/h2*2-5,8H,1H3;2*1H;/q2*-1;;;+4/p-2. The fourth-order valence-electron chi connectivity index (χ4n) is 1.18. The topological polar surface area (TPSA) is 66.1 Å². The molecule has 0 aliphatic rings. The Morgan fingerprint density at radius 2 is 0.952 bits per heavy atom. The van der Waals surface area contributed by atoms with Crippen LogP contribution in [-0.2, 0) is 16.5 Å². The van der Waals surface area contributed by atoms with Crippen LogP contribution in [-0.4, -0.2) is 14.2 Å². The van der Waals surface area contributed by atoms with Crippen molar-refractivity contribution in [2.75, 3.05) is 14.2 Å². The molecular formula is C14H16Cl2N2O2Pt. The Hall–Kier alpha value is -1.09. The van der Waals surface area contributed by atoms with Gasteiger partial charge in [-0.1, -0.05) is 24.3 Å². The molecule has 0 fully saturated rings. The van der Waals surface area contributed by atoms with Crippen LogP contribution in [0.25, 0.3) is 11.5 Å². The maximum atomic E-state index is 7.11. The van der Waals surface area contributed by atoms with E-state index in [1.807, 2.05) is 0 Å². The predicted octanol–water partition coefficient (Wildman–Crippen LogP) is 6.13. The van der Waals surface area contributed by atoms with Crippen LogP contribution in [0.2, 0.25) is 0 Å². The molecule has 2 aromatic rings. The zero-order chi connectivity index (χ0) is 16.1. The molecule has 0 radical (unpaired) electrons. The molecular weight excluding hydrogens is 494 g/mol. The number of hydrogen-bond acceptors (Lipinski definition) is 2. The molecule has 2 rings (SSSR count). The minimum absolute atomic E-state index is 0.472. The van der Waals surface area contributed by atoms with Gasteiger partial charge in [-0.15, -0.1) is 11.4 Å². The van der Waals surface area contributed by atoms with Gasteiger partial charge in [-0.2, -0.15) is 0 Å². The molecule has 0 atom stereocenters. The summed E-state index contributed by atoms with van der Waals surface area (Å²) in [5.74, 6) is 1.59. The summed E-state index contributed by atoms with van der Waals surface area (Å²) < 4.78 is 9.77. The Kier molecular flexibility index (Phi) is 12.0. The second-order valence-corrected chi connectivity index (χ2v) is 6.78. The predicted molar refractivity (Wildman–Crippen MR) is 85.7 cm³/mol. The van der Waals surface area contributed by atoms with Crippen LogP contribution in [0, 0.1) is 0 Å². The van der Waals surface area contributed by atoms with Crippen molar-refractivity contribution < 1.29 is 26.0 Å². The third-order valence-electron chi connectivity index (χ3n) is 2.18. The van der Waals surface area contributed by atoms with Gasteiger partial charge in [0.05, 0.1) is 14.2 Å². The van der Waals surface area contributed by atoms with Crippen molar-refractivity contribution in [2.45, 2.75) is 0 Å². The molecule has 0 bridgehead atoms. The van der Waals surface area contributed by atoms with Gasteiger partial charge in [0.1, 0.15) is 11.5 Å². The van der Waals surface area contributed by atoms with Crippen molar-refractivity contribution in [1.29, 1.82) is 0 Å². The molecule has 0 saturated carbocycles. The van der Waals surface area contributed by atoms with Gasteiger partial charge in [0.2, 0.25) is 0 Å². The van der Waals surface area contributed by atoms with Crippen LogP contribution in [0.3, 0.4) is 0 Å². The van der Waals surface area contributed by atoms with Gasteiger partial charge >= 0.3 is 35.3 Å². The van der Waals surface area contributed by atoms with Crippen LogP contribution in [0.5, 0.6) is 11.5 Å². The summed E-state index contributed by atoms with van der Waals surface area (Å²) in [6, 6.07) is 13.8. The van der Waals surface area contributed by atoms with E-state index < -0.39 is 16.5 Å². The summed E-state index contributed by atoms with van der Waals surface area (Å²) in [4.78, 5) is 0. The minimum atomic E-state index is -0.472. The van der Waals surface area contributed by atoms with Gasteiger partial charge < -0.3 is 20.9 Å². The van der Waals surface area contributed by atoms with Gasteiger partial charge in [-0.3, -0.25) is 0 Å². The first-order valence-corrected chi connectivity index (χ1v) is 11.2. The Morgan fingerprint density at radius 1 is 0.714 bits per heavy atom. The van der Waals surface area contributed by atoms with Crippen molar-refractivity contribution in [2.24, 2.45) is 0 Å². The Balaban J connectivity index is 0.000000322. The van der Waals surface area contributed by atoms with Crippen molar-refractivity contribution in [3.8, 4) is 11.5 Å². The second kappa shape index (κ2) is 12.6. The third-order valence-corrected chi connectivity index (χ3v) is 2.18. The first-order valence-electron chi connectivity index (χ1n) is 5.61. The molecule has 0 amide bonds. The molecule has 0 aliphatic carbocycles. The molecule has 0 heterocycles. The van der Waals surface area contributed by atoms with Gasteiger partial charge in [-0.05, 0) is 24.3 Å². The maximum absolute atomic E-state index is 7.11. The number of rotatable bonds is 2. The fraction of sp³-hybridized carbons (Fsp3) is 0.143. The second-order valence-electron chi connectivity index (χ2n) is 3.50. The molecule has 4 nitrogen and oxygen atoms in total. The van der Waals surface area contributed by atoms with Crippen molar-refractivity contribution in [3.63, 3.8) is 0 Å². The van der Waals surface area contributed by atoms with Gasteiger partial charge in [-0.25, -0.2) is 0 Å². The van der Waals surface area contributed by atoms with Gasteiger partial charge in [0.15, 0.2) is 0 Å². The van der Waals surface area contributed by atoms with Crippen LogP contribution in [0.15, 0.2) is 48.5 Å². The van der Waals surface area contributed by atoms with Crippen molar-refractivity contribution in [3.05, 3.63) is 60.0 Å². The summed E-state index contributed by atoms with van der Waals surface area (Å²) >= 11 is -0.472. The van der Waals surface area contributed by atoms with E-state index in [1.165, 1.54) is 0 Å². The van der Waals surface area contributed by atoms with Gasteiger partial charge in [0, 0.05) is 0 Å². The van der Waals surface area contributed by atoms with Crippen LogP contribution in [0.4, 0.5) is 11.4 Å². The van der Waals surface area contributed by atoms with E-state index in [1.54, 1.807) is 62.8 Å². The molecule has 2 N–H and O–H groups in total. The SMILES string of the molecule is COc1ccc([NH-])cc1.COc1ccc([NH-])cc1.[Cl][Pt+2][Cl]. The Labute approximate surface area is 141 Å². The molecule has 2 aromatic carbocycles. The monoisotopic (exact) mass is 509 g/mol. The zero-order valence-corrected chi connectivity index (χ0v) is 15.3. The Bertz CT molecular complexity index is 436. The van der Waals surface area contributed by atoms with E-state index in [-0.39, 0.29) is 0 Å². The first kappa shape index (κ1) is 19.9. The van der Waals surface area contributed by atoms with Crippen LogP contribution < -0.4 is 9.47 Å². The summed E-state index contributed by atoms with van der Waals surface area (Å²) in [7, 11) is 13.0. The first-order chi connectivity index (χ1) is 10.1. The van der Waals surface area contributed by atoms with Crippen LogP contribution in [0.1, 0.15) is 0 Å². The third kappa shape index (κ3) is 10.3. The molecule has 0 saturated heterocycles. The van der Waals surface area contributed by atoms with E-state index >= 15 is 0 Å². The summed E-state index contributed by atoms with van der Waals surface area (Å²) in [6.45, 7) is 0. The number of methoxy groups -OCH3 is 2. The van der Waals surface area contributed by atoms with Crippen molar-refractivity contribution in [1.82, 2.24) is 0 Å². The van der Waals surface area contributed by atoms with E-state index in [9.17, 15) is 0 Å². The molecule has 7 heteroatoms. The quantitative estimate of drug-likeness (QED) is 0.488. The molecule has 21 heavy (non-hydrogen) atoms. The molecule has 0 unspecified atom stereocenters. The molecule has 0 aromatic heterocycles. The van der Waals surface area contributed by atoms with Crippen molar-refractivity contribution >= 4 is 30.2 Å². The number of hydrogen-bond donors (Lipinski definition) is 0. The van der Waals surface area contributed by atoms with E-state index in [0.717, 1.165) is 11.5 Å². The summed E-state index contributed by atoms with van der Waals surface area (Å²) in [5.41, 5.74) is 15.2. The Morgan fingerprint density at radius 3 is 1.14 bits per heavy atom. The number of nitrogens with one attached hydrogen (secondary N) is 2. The zero-order valence-electron chi connectivity index (χ0n) is 11.5. The molecule has 118 valence electrons. The molecule has 0 spiro atoms. The van der Waals surface area contributed by atoms with E-state index in [0.29, 0.717) is 11.4 Å². The average Bonchev–Trinajstić information content (AvgIpc) is 2.50. The van der Waals surface area contributed by atoms with Gasteiger partial charge in [0.25, 0.3) is 0 Å². The number of halogens is 2. The summed E-state index contributed by atoms with van der Waals surface area (Å²) in [6.07, 6.45) is 0. The number of ether oxygens (including phenoxy) is 2. The van der Waals surface area contributed by atoms with E-state index in [4.69, 9.17) is 39.8 Å².